The number of furan rings is 1. The van der Waals surface area contributed by atoms with Gasteiger partial charge in [0.15, 0.2) is 5.76 Å². The Morgan fingerprint density at radius 1 is 1.16 bits per heavy atom. The highest BCUT2D eigenvalue weighted by molar-refractivity contribution is 6.06. The van der Waals surface area contributed by atoms with E-state index < -0.39 is 0 Å². The molecule has 3 aromatic rings. The maximum Gasteiger partial charge on any atom is 0.231 e. The number of carbonyl (C=O) groups is 1. The van der Waals surface area contributed by atoms with Crippen LogP contribution >= 0.6 is 0 Å². The lowest BCUT2D eigenvalue weighted by Crippen LogP contribution is -1.98. The van der Waals surface area contributed by atoms with Gasteiger partial charge in [0.1, 0.15) is 5.76 Å². The Morgan fingerprint density at radius 3 is 2.63 bits per heavy atom. The van der Waals surface area contributed by atoms with Crippen molar-refractivity contribution in [3.05, 3.63) is 71.9 Å². The third kappa shape index (κ3) is 2.20. The van der Waals surface area contributed by atoms with Crippen LogP contribution in [0.15, 0.2) is 59.3 Å². The highest BCUT2D eigenvalue weighted by Crippen LogP contribution is 2.14. The van der Waals surface area contributed by atoms with Crippen LogP contribution in [0.25, 0.3) is 5.69 Å². The number of rotatable bonds is 3. The fraction of sp³-hybridized carbons (Fsp3) is 0.0667. The molecule has 2 heterocycles. The molecule has 0 saturated carbocycles. The van der Waals surface area contributed by atoms with Gasteiger partial charge in [0.05, 0.1) is 17.4 Å². The highest BCUT2D eigenvalue weighted by Gasteiger charge is 2.15. The van der Waals surface area contributed by atoms with E-state index in [-0.39, 0.29) is 5.78 Å². The molecule has 0 spiro atoms. The number of aryl methyl sites for hydroxylation is 1. The molecular weight excluding hydrogens is 240 g/mol. The van der Waals surface area contributed by atoms with E-state index in [2.05, 4.69) is 5.10 Å². The van der Waals surface area contributed by atoms with Gasteiger partial charge < -0.3 is 4.42 Å². The Balaban J connectivity index is 1.92. The van der Waals surface area contributed by atoms with E-state index in [9.17, 15) is 4.79 Å². The largest absolute Gasteiger partial charge is 0.458 e. The summed E-state index contributed by atoms with van der Waals surface area (Å²) in [5, 5.41) is 4.19. The molecule has 0 aliphatic heterocycles. The summed E-state index contributed by atoms with van der Waals surface area (Å²) in [6.07, 6.45) is 3.25. The number of ketones is 1. The summed E-state index contributed by atoms with van der Waals surface area (Å²) in [5.74, 6) is 0.902. The van der Waals surface area contributed by atoms with E-state index in [1.165, 1.54) is 0 Å². The number of aromatic nitrogens is 2. The Bertz CT molecular complexity index is 711. The molecule has 4 nitrogen and oxygen atoms in total. The standard InChI is InChI=1S/C15H12N2O2/c1-11-7-8-14(19-11)15(18)12-9-16-17(10-12)13-5-3-2-4-6-13/h2-10H,1H3. The number of hydrogen-bond donors (Lipinski definition) is 0. The monoisotopic (exact) mass is 252 g/mol. The second kappa shape index (κ2) is 4.57. The van der Waals surface area contributed by atoms with Crippen molar-refractivity contribution < 1.29 is 9.21 Å². The summed E-state index contributed by atoms with van der Waals surface area (Å²) in [5.41, 5.74) is 1.43. The predicted molar refractivity (Wildman–Crippen MR) is 70.4 cm³/mol. The topological polar surface area (TPSA) is 48.0 Å². The maximum absolute atomic E-state index is 12.2. The molecule has 0 unspecified atom stereocenters. The summed E-state index contributed by atoms with van der Waals surface area (Å²) in [7, 11) is 0. The molecule has 0 amide bonds. The molecular formula is C15H12N2O2. The predicted octanol–water partition coefficient (Wildman–Crippen LogP) is 3.00. The first-order valence-electron chi connectivity index (χ1n) is 5.95. The van der Waals surface area contributed by atoms with Gasteiger partial charge in [-0.3, -0.25) is 4.79 Å². The van der Waals surface area contributed by atoms with Crippen molar-refractivity contribution in [2.75, 3.05) is 0 Å². The van der Waals surface area contributed by atoms with Crippen molar-refractivity contribution in [1.82, 2.24) is 9.78 Å². The van der Waals surface area contributed by atoms with Gasteiger partial charge in [-0.2, -0.15) is 5.10 Å². The molecule has 0 bridgehead atoms. The molecule has 0 aliphatic rings. The third-order valence-electron chi connectivity index (χ3n) is 2.83. The van der Waals surface area contributed by atoms with E-state index in [0.29, 0.717) is 11.3 Å². The van der Waals surface area contributed by atoms with Crippen LogP contribution in [0, 0.1) is 6.92 Å². The molecule has 3 rings (SSSR count). The van der Waals surface area contributed by atoms with Gasteiger partial charge in [0, 0.05) is 6.20 Å². The molecule has 19 heavy (non-hydrogen) atoms. The van der Waals surface area contributed by atoms with Crippen LogP contribution in [0.1, 0.15) is 21.9 Å². The minimum atomic E-state index is -0.157. The smallest absolute Gasteiger partial charge is 0.231 e. The first kappa shape index (κ1) is 11.5. The zero-order valence-electron chi connectivity index (χ0n) is 10.4. The van der Waals surface area contributed by atoms with Gasteiger partial charge in [-0.1, -0.05) is 18.2 Å². The second-order valence-corrected chi connectivity index (χ2v) is 4.25. The van der Waals surface area contributed by atoms with Crippen molar-refractivity contribution in [3.8, 4) is 5.69 Å². The minimum Gasteiger partial charge on any atom is -0.458 e. The maximum atomic E-state index is 12.2. The van der Waals surface area contributed by atoms with E-state index >= 15 is 0 Å². The molecule has 4 heteroatoms. The molecule has 0 N–H and O–H groups in total. The first-order chi connectivity index (χ1) is 9.24. The lowest BCUT2D eigenvalue weighted by molar-refractivity contribution is 0.101. The fourth-order valence-corrected chi connectivity index (χ4v) is 1.86. The Kier molecular flexibility index (Phi) is 2.76. The molecule has 2 aromatic heterocycles. The van der Waals surface area contributed by atoms with Crippen LogP contribution in [0.5, 0.6) is 0 Å². The Morgan fingerprint density at radius 2 is 1.95 bits per heavy atom. The van der Waals surface area contributed by atoms with Crippen LogP contribution in [-0.2, 0) is 0 Å². The summed E-state index contributed by atoms with van der Waals surface area (Å²) < 4.78 is 7.00. The fourth-order valence-electron chi connectivity index (χ4n) is 1.86. The highest BCUT2D eigenvalue weighted by atomic mass is 16.3. The number of para-hydroxylation sites is 1. The summed E-state index contributed by atoms with van der Waals surface area (Å²) in [6, 6.07) is 13.1. The summed E-state index contributed by atoms with van der Waals surface area (Å²) in [4.78, 5) is 12.2. The lowest BCUT2D eigenvalue weighted by atomic mass is 10.2. The van der Waals surface area contributed by atoms with Crippen molar-refractivity contribution in [3.63, 3.8) is 0 Å². The van der Waals surface area contributed by atoms with Crippen molar-refractivity contribution in [2.24, 2.45) is 0 Å². The number of nitrogens with zero attached hydrogens (tertiary/aromatic N) is 2. The zero-order valence-corrected chi connectivity index (χ0v) is 10.4. The number of benzene rings is 1. The average Bonchev–Trinajstić information content (AvgIpc) is 3.08. The number of carbonyl (C=O) groups excluding carboxylic acids is 1. The first-order valence-corrected chi connectivity index (χ1v) is 5.95. The van der Waals surface area contributed by atoms with Crippen molar-refractivity contribution in [1.29, 1.82) is 0 Å². The summed E-state index contributed by atoms with van der Waals surface area (Å²) in [6.45, 7) is 1.81. The molecule has 1 aromatic carbocycles. The van der Waals surface area contributed by atoms with Gasteiger partial charge in [0.25, 0.3) is 0 Å². The SMILES string of the molecule is Cc1ccc(C(=O)c2cnn(-c3ccccc3)c2)o1. The molecule has 0 radical (unpaired) electrons. The van der Waals surface area contributed by atoms with Gasteiger partial charge in [-0.25, -0.2) is 4.68 Å². The lowest BCUT2D eigenvalue weighted by Gasteiger charge is -1.98. The Labute approximate surface area is 110 Å². The van der Waals surface area contributed by atoms with Crippen molar-refractivity contribution in [2.45, 2.75) is 6.92 Å². The van der Waals surface area contributed by atoms with E-state index in [4.69, 9.17) is 4.42 Å². The van der Waals surface area contributed by atoms with Crippen LogP contribution < -0.4 is 0 Å². The van der Waals surface area contributed by atoms with Crippen molar-refractivity contribution >= 4 is 5.78 Å². The van der Waals surface area contributed by atoms with Crippen LogP contribution in [0.2, 0.25) is 0 Å². The normalized spacial score (nSPS) is 10.6. The third-order valence-corrected chi connectivity index (χ3v) is 2.83. The quantitative estimate of drug-likeness (QED) is 0.673. The summed E-state index contributed by atoms with van der Waals surface area (Å²) >= 11 is 0. The minimum absolute atomic E-state index is 0.157. The Hall–Kier alpha value is -2.62. The second-order valence-electron chi connectivity index (χ2n) is 4.25. The molecule has 0 atom stereocenters. The van der Waals surface area contributed by atoms with Gasteiger partial charge in [-0.15, -0.1) is 0 Å². The van der Waals surface area contributed by atoms with E-state index in [0.717, 1.165) is 11.4 Å². The van der Waals surface area contributed by atoms with Gasteiger partial charge in [-0.05, 0) is 31.2 Å². The average molecular weight is 252 g/mol. The van der Waals surface area contributed by atoms with Gasteiger partial charge in [0.2, 0.25) is 5.78 Å². The molecule has 0 fully saturated rings. The zero-order chi connectivity index (χ0) is 13.2. The molecule has 94 valence electrons. The number of hydrogen-bond acceptors (Lipinski definition) is 3. The van der Waals surface area contributed by atoms with Crippen LogP contribution in [0.4, 0.5) is 0 Å². The van der Waals surface area contributed by atoms with Crippen LogP contribution in [-0.4, -0.2) is 15.6 Å². The van der Waals surface area contributed by atoms with Crippen LogP contribution in [0.3, 0.4) is 0 Å². The molecule has 0 saturated heterocycles. The molecule has 0 aliphatic carbocycles. The van der Waals surface area contributed by atoms with E-state index in [1.54, 1.807) is 29.2 Å². The van der Waals surface area contributed by atoms with E-state index in [1.807, 2.05) is 37.3 Å². The van der Waals surface area contributed by atoms with Gasteiger partial charge >= 0.3 is 0 Å².